The lowest BCUT2D eigenvalue weighted by atomic mass is 10.1. The first kappa shape index (κ1) is 13.2. The average Bonchev–Trinajstić information content (AvgIpc) is 2.99. The van der Waals surface area contributed by atoms with Crippen LogP contribution in [-0.2, 0) is 6.54 Å². The number of fused-ring (bicyclic) bond motifs is 1. The molecule has 106 valence electrons. The van der Waals surface area contributed by atoms with Crippen LogP contribution in [0.3, 0.4) is 0 Å². The van der Waals surface area contributed by atoms with Crippen molar-refractivity contribution >= 4 is 17.0 Å². The number of nitrogens with zero attached hydrogens (tertiary/aromatic N) is 2. The maximum Gasteiger partial charge on any atom is 0.335 e. The standard InChI is InChI=1S/C16H20N2O2/c1-10(2)14-17-12-5-4-11(15(19)20)8-13(12)18(14)9-16(3)6-7-16/h4-5,8,10H,6-7,9H2,1-3H3,(H,19,20). The van der Waals surface area contributed by atoms with Crippen LogP contribution in [0.4, 0.5) is 0 Å². The average molecular weight is 272 g/mol. The summed E-state index contributed by atoms with van der Waals surface area (Å²) in [5.41, 5.74) is 2.52. The number of benzene rings is 1. The Kier molecular flexibility index (Phi) is 2.85. The third-order valence-corrected chi connectivity index (χ3v) is 4.18. The number of hydrogen-bond acceptors (Lipinski definition) is 2. The molecule has 0 saturated heterocycles. The molecule has 0 bridgehead atoms. The Balaban J connectivity index is 2.17. The molecule has 1 N–H and O–H groups in total. The number of hydrogen-bond donors (Lipinski definition) is 1. The predicted molar refractivity (Wildman–Crippen MR) is 78.1 cm³/mol. The Bertz CT molecular complexity index is 681. The van der Waals surface area contributed by atoms with E-state index in [1.54, 1.807) is 12.1 Å². The summed E-state index contributed by atoms with van der Waals surface area (Å²) in [6, 6.07) is 5.20. The lowest BCUT2D eigenvalue weighted by Crippen LogP contribution is -2.12. The van der Waals surface area contributed by atoms with Crippen LogP contribution in [0.15, 0.2) is 18.2 Å². The van der Waals surface area contributed by atoms with E-state index in [0.717, 1.165) is 23.4 Å². The van der Waals surface area contributed by atoms with Gasteiger partial charge in [0.25, 0.3) is 0 Å². The van der Waals surface area contributed by atoms with Crippen LogP contribution < -0.4 is 0 Å². The van der Waals surface area contributed by atoms with E-state index in [1.807, 2.05) is 6.07 Å². The molecular weight excluding hydrogens is 252 g/mol. The highest BCUT2D eigenvalue weighted by molar-refractivity contribution is 5.92. The molecule has 1 aromatic heterocycles. The van der Waals surface area contributed by atoms with E-state index in [1.165, 1.54) is 12.8 Å². The van der Waals surface area contributed by atoms with Crippen LogP contribution in [0.25, 0.3) is 11.0 Å². The fourth-order valence-corrected chi connectivity index (χ4v) is 2.63. The summed E-state index contributed by atoms with van der Waals surface area (Å²) in [5.74, 6) is 0.497. The minimum atomic E-state index is -0.886. The van der Waals surface area contributed by atoms with Crippen LogP contribution in [0, 0.1) is 5.41 Å². The first-order chi connectivity index (χ1) is 9.39. The molecular formula is C16H20N2O2. The second kappa shape index (κ2) is 4.33. The lowest BCUT2D eigenvalue weighted by molar-refractivity contribution is 0.0697. The first-order valence-corrected chi connectivity index (χ1v) is 7.13. The summed E-state index contributed by atoms with van der Waals surface area (Å²) in [5, 5.41) is 9.17. The van der Waals surface area contributed by atoms with Crippen molar-refractivity contribution in [3.8, 4) is 0 Å². The van der Waals surface area contributed by atoms with Gasteiger partial charge >= 0.3 is 5.97 Å². The van der Waals surface area contributed by atoms with Gasteiger partial charge in [0.15, 0.2) is 0 Å². The summed E-state index contributed by atoms with van der Waals surface area (Å²) in [6.45, 7) is 7.47. The van der Waals surface area contributed by atoms with Crippen LogP contribution in [0.5, 0.6) is 0 Å². The lowest BCUT2D eigenvalue weighted by Gasteiger charge is -2.15. The number of rotatable bonds is 4. The molecule has 0 amide bonds. The van der Waals surface area contributed by atoms with Gasteiger partial charge < -0.3 is 9.67 Å². The van der Waals surface area contributed by atoms with E-state index >= 15 is 0 Å². The third-order valence-electron chi connectivity index (χ3n) is 4.18. The Hall–Kier alpha value is -1.84. The summed E-state index contributed by atoms with van der Waals surface area (Å²) in [6.07, 6.45) is 2.48. The number of aromatic carboxylic acids is 1. The van der Waals surface area contributed by atoms with Gasteiger partial charge in [-0.3, -0.25) is 0 Å². The molecule has 0 atom stereocenters. The van der Waals surface area contributed by atoms with Gasteiger partial charge in [-0.1, -0.05) is 20.8 Å². The Labute approximate surface area is 118 Å². The van der Waals surface area contributed by atoms with Gasteiger partial charge in [0, 0.05) is 12.5 Å². The maximum atomic E-state index is 11.2. The molecule has 1 aromatic carbocycles. The quantitative estimate of drug-likeness (QED) is 0.924. The number of carboxylic acid groups (broad SMARTS) is 1. The monoisotopic (exact) mass is 272 g/mol. The molecule has 1 saturated carbocycles. The summed E-state index contributed by atoms with van der Waals surface area (Å²) >= 11 is 0. The van der Waals surface area contributed by atoms with Gasteiger partial charge in [-0.2, -0.15) is 0 Å². The van der Waals surface area contributed by atoms with Crippen molar-refractivity contribution < 1.29 is 9.90 Å². The largest absolute Gasteiger partial charge is 0.478 e. The van der Waals surface area contributed by atoms with Crippen molar-refractivity contribution in [3.05, 3.63) is 29.6 Å². The summed E-state index contributed by atoms with van der Waals surface area (Å²) < 4.78 is 2.22. The Morgan fingerprint density at radius 1 is 1.45 bits per heavy atom. The van der Waals surface area contributed by atoms with Crippen molar-refractivity contribution in [2.24, 2.45) is 5.41 Å². The predicted octanol–water partition coefficient (Wildman–Crippen LogP) is 3.66. The maximum absolute atomic E-state index is 11.2. The molecule has 20 heavy (non-hydrogen) atoms. The van der Waals surface area contributed by atoms with Crippen LogP contribution in [-0.4, -0.2) is 20.6 Å². The smallest absolute Gasteiger partial charge is 0.335 e. The summed E-state index contributed by atoms with van der Waals surface area (Å²) in [4.78, 5) is 15.9. The van der Waals surface area contributed by atoms with E-state index in [-0.39, 0.29) is 0 Å². The van der Waals surface area contributed by atoms with Gasteiger partial charge in [-0.25, -0.2) is 9.78 Å². The fraction of sp³-hybridized carbons (Fsp3) is 0.500. The zero-order chi connectivity index (χ0) is 14.5. The van der Waals surface area contributed by atoms with Crippen LogP contribution in [0.1, 0.15) is 55.7 Å². The zero-order valence-electron chi connectivity index (χ0n) is 12.2. The highest BCUT2D eigenvalue weighted by Crippen LogP contribution is 2.47. The molecule has 0 radical (unpaired) electrons. The van der Waals surface area contributed by atoms with E-state index in [2.05, 4.69) is 25.3 Å². The Morgan fingerprint density at radius 2 is 2.15 bits per heavy atom. The first-order valence-electron chi connectivity index (χ1n) is 7.13. The number of imidazole rings is 1. The molecule has 1 aliphatic rings. The summed E-state index contributed by atoms with van der Waals surface area (Å²) in [7, 11) is 0. The number of carboxylic acids is 1. The normalized spacial score (nSPS) is 16.8. The van der Waals surface area contributed by atoms with Crippen molar-refractivity contribution in [1.82, 2.24) is 9.55 Å². The molecule has 3 rings (SSSR count). The second-order valence-corrected chi connectivity index (χ2v) is 6.53. The fourth-order valence-electron chi connectivity index (χ4n) is 2.63. The van der Waals surface area contributed by atoms with Crippen molar-refractivity contribution in [1.29, 1.82) is 0 Å². The molecule has 4 heteroatoms. The number of carbonyl (C=O) groups is 1. The van der Waals surface area contributed by atoms with Crippen LogP contribution in [0.2, 0.25) is 0 Å². The SMILES string of the molecule is CC(C)c1nc2ccc(C(=O)O)cc2n1CC1(C)CC1. The molecule has 0 aliphatic heterocycles. The third kappa shape index (κ3) is 2.19. The highest BCUT2D eigenvalue weighted by Gasteiger charge is 2.38. The van der Waals surface area contributed by atoms with Gasteiger partial charge in [0.2, 0.25) is 0 Å². The van der Waals surface area contributed by atoms with Crippen molar-refractivity contribution in [3.63, 3.8) is 0 Å². The van der Waals surface area contributed by atoms with E-state index in [9.17, 15) is 4.79 Å². The minimum Gasteiger partial charge on any atom is -0.478 e. The van der Waals surface area contributed by atoms with Gasteiger partial charge in [-0.15, -0.1) is 0 Å². The molecule has 4 nitrogen and oxygen atoms in total. The molecule has 2 aromatic rings. The molecule has 1 fully saturated rings. The molecule has 1 heterocycles. The molecule has 0 unspecified atom stereocenters. The van der Waals surface area contributed by atoms with Crippen molar-refractivity contribution in [2.45, 2.75) is 46.1 Å². The van der Waals surface area contributed by atoms with Gasteiger partial charge in [-0.05, 0) is 36.5 Å². The van der Waals surface area contributed by atoms with E-state index in [4.69, 9.17) is 10.1 Å². The van der Waals surface area contributed by atoms with Gasteiger partial charge in [0.05, 0.1) is 16.6 Å². The zero-order valence-corrected chi connectivity index (χ0v) is 12.2. The van der Waals surface area contributed by atoms with Crippen LogP contribution >= 0.6 is 0 Å². The highest BCUT2D eigenvalue weighted by atomic mass is 16.4. The molecule has 1 aliphatic carbocycles. The molecule has 0 spiro atoms. The number of aromatic nitrogens is 2. The van der Waals surface area contributed by atoms with Crippen molar-refractivity contribution in [2.75, 3.05) is 0 Å². The second-order valence-electron chi connectivity index (χ2n) is 6.53. The van der Waals surface area contributed by atoms with E-state index in [0.29, 0.717) is 16.9 Å². The van der Waals surface area contributed by atoms with E-state index < -0.39 is 5.97 Å². The topological polar surface area (TPSA) is 55.1 Å². The Morgan fingerprint density at radius 3 is 2.70 bits per heavy atom. The minimum absolute atomic E-state index is 0.329. The van der Waals surface area contributed by atoms with Gasteiger partial charge in [0.1, 0.15) is 5.82 Å².